The Morgan fingerprint density at radius 1 is 1.64 bits per heavy atom. The first-order valence-electron chi connectivity index (χ1n) is 3.69. The molecule has 1 rings (SSSR count). The van der Waals surface area contributed by atoms with E-state index in [2.05, 4.69) is 16.6 Å². The second-order valence-corrected chi connectivity index (χ2v) is 4.03. The van der Waals surface area contributed by atoms with Crippen LogP contribution < -0.4 is 0 Å². The van der Waals surface area contributed by atoms with Crippen LogP contribution in [0.5, 0.6) is 0 Å². The molecule has 0 N–H and O–H groups in total. The van der Waals surface area contributed by atoms with E-state index < -0.39 is 10.2 Å². The SMILES string of the molecule is C=CN(/C=N\C)S(=O)(=O)n1ccnc1. The van der Waals surface area contributed by atoms with Gasteiger partial charge in [0.05, 0.1) is 0 Å². The molecular weight excluding hydrogens is 204 g/mol. The molecule has 0 aliphatic carbocycles. The van der Waals surface area contributed by atoms with Gasteiger partial charge in [-0.15, -0.1) is 0 Å². The number of nitrogens with zero attached hydrogens (tertiary/aromatic N) is 4. The van der Waals surface area contributed by atoms with E-state index in [1.807, 2.05) is 0 Å². The number of aliphatic imine (C=N–C) groups is 1. The molecule has 7 heteroatoms. The molecule has 0 amide bonds. The van der Waals surface area contributed by atoms with Gasteiger partial charge in [-0.2, -0.15) is 8.42 Å². The van der Waals surface area contributed by atoms with Gasteiger partial charge < -0.3 is 0 Å². The smallest absolute Gasteiger partial charge is 0.278 e. The van der Waals surface area contributed by atoms with Gasteiger partial charge >= 0.3 is 10.2 Å². The van der Waals surface area contributed by atoms with Gasteiger partial charge in [0, 0.05) is 25.6 Å². The summed E-state index contributed by atoms with van der Waals surface area (Å²) in [5.41, 5.74) is 0. The summed E-state index contributed by atoms with van der Waals surface area (Å²) in [5, 5.41) is 0. The monoisotopic (exact) mass is 214 g/mol. The zero-order valence-electron chi connectivity index (χ0n) is 7.61. The summed E-state index contributed by atoms with van der Waals surface area (Å²) in [6.45, 7) is 3.38. The topological polar surface area (TPSA) is 67.6 Å². The predicted molar refractivity (Wildman–Crippen MR) is 53.0 cm³/mol. The predicted octanol–water partition coefficient (Wildman–Crippen LogP) is 0.0796. The van der Waals surface area contributed by atoms with Crippen molar-refractivity contribution in [1.82, 2.24) is 13.3 Å². The number of rotatable bonds is 4. The van der Waals surface area contributed by atoms with E-state index in [4.69, 9.17) is 0 Å². The van der Waals surface area contributed by atoms with Crippen LogP contribution >= 0.6 is 0 Å². The lowest BCUT2D eigenvalue weighted by molar-refractivity contribution is 0.555. The van der Waals surface area contributed by atoms with Crippen molar-refractivity contribution in [3.05, 3.63) is 31.5 Å². The zero-order valence-corrected chi connectivity index (χ0v) is 8.42. The third-order valence-electron chi connectivity index (χ3n) is 1.42. The lowest BCUT2D eigenvalue weighted by atomic mass is 11.0. The Bertz CT molecular complexity index is 421. The molecule has 0 spiro atoms. The van der Waals surface area contributed by atoms with Crippen LogP contribution in [0.25, 0.3) is 0 Å². The molecule has 0 bridgehead atoms. The van der Waals surface area contributed by atoms with Crippen LogP contribution in [0.1, 0.15) is 0 Å². The first kappa shape index (κ1) is 10.5. The maximum atomic E-state index is 11.7. The zero-order chi connectivity index (χ0) is 10.6. The average molecular weight is 214 g/mol. The highest BCUT2D eigenvalue weighted by atomic mass is 32.2. The molecule has 76 valence electrons. The highest BCUT2D eigenvalue weighted by Gasteiger charge is 2.17. The van der Waals surface area contributed by atoms with Crippen LogP contribution in [0.4, 0.5) is 0 Å². The molecule has 1 heterocycles. The van der Waals surface area contributed by atoms with E-state index in [0.29, 0.717) is 0 Å². The van der Waals surface area contributed by atoms with Crippen molar-refractivity contribution in [2.75, 3.05) is 7.05 Å². The van der Waals surface area contributed by atoms with Crippen LogP contribution in [0.15, 0.2) is 36.5 Å². The highest BCUT2D eigenvalue weighted by molar-refractivity contribution is 7.88. The minimum atomic E-state index is -3.65. The van der Waals surface area contributed by atoms with Crippen molar-refractivity contribution in [1.29, 1.82) is 0 Å². The summed E-state index contributed by atoms with van der Waals surface area (Å²) in [7, 11) is -2.18. The molecular formula is C7H10N4O2S. The summed E-state index contributed by atoms with van der Waals surface area (Å²) in [5.74, 6) is 0. The maximum absolute atomic E-state index is 11.7. The second kappa shape index (κ2) is 4.05. The molecule has 0 fully saturated rings. The van der Waals surface area contributed by atoms with E-state index in [0.717, 1.165) is 20.8 Å². The molecule has 0 aliphatic rings. The fourth-order valence-corrected chi connectivity index (χ4v) is 1.81. The minimum absolute atomic E-state index is 0.898. The molecule has 0 aromatic carbocycles. The lowest BCUT2D eigenvalue weighted by Crippen LogP contribution is -2.29. The van der Waals surface area contributed by atoms with Crippen LogP contribution in [-0.4, -0.2) is 35.1 Å². The standard InChI is InChI=1S/C7H10N4O2S/c1-3-10(6-8-2)14(12,13)11-5-4-9-7-11/h3-7H,1H2,2H3/b8-6-. The van der Waals surface area contributed by atoms with Gasteiger partial charge in [0.1, 0.15) is 12.7 Å². The molecule has 0 radical (unpaired) electrons. The molecule has 14 heavy (non-hydrogen) atoms. The van der Waals surface area contributed by atoms with Gasteiger partial charge in [0.25, 0.3) is 0 Å². The fourth-order valence-electron chi connectivity index (χ4n) is 0.807. The van der Waals surface area contributed by atoms with Crippen LogP contribution in [-0.2, 0) is 10.2 Å². The van der Waals surface area contributed by atoms with E-state index in [9.17, 15) is 8.42 Å². The van der Waals surface area contributed by atoms with Gasteiger partial charge in [0.2, 0.25) is 0 Å². The molecule has 0 atom stereocenters. The van der Waals surface area contributed by atoms with E-state index in [-0.39, 0.29) is 0 Å². The summed E-state index contributed by atoms with van der Waals surface area (Å²) in [4.78, 5) is 7.24. The Hall–Kier alpha value is -1.63. The molecule has 1 aromatic heterocycles. The maximum Gasteiger partial charge on any atom is 0.335 e. The van der Waals surface area contributed by atoms with Gasteiger partial charge in [-0.1, -0.05) is 6.58 Å². The largest absolute Gasteiger partial charge is 0.335 e. The average Bonchev–Trinajstić information content (AvgIpc) is 2.66. The number of hydrogen-bond donors (Lipinski definition) is 0. The molecule has 1 aromatic rings. The molecule has 6 nitrogen and oxygen atoms in total. The Balaban J connectivity index is 3.12. The molecule has 0 saturated carbocycles. The van der Waals surface area contributed by atoms with Crippen molar-refractivity contribution in [2.24, 2.45) is 4.99 Å². The third kappa shape index (κ3) is 1.82. The Kier molecular flexibility index (Phi) is 3.03. The van der Waals surface area contributed by atoms with Crippen LogP contribution in [0.2, 0.25) is 0 Å². The first-order chi connectivity index (χ1) is 6.62. The molecule has 0 unspecified atom stereocenters. The van der Waals surface area contributed by atoms with Crippen molar-refractivity contribution in [2.45, 2.75) is 0 Å². The number of hydrogen-bond acceptors (Lipinski definition) is 4. The van der Waals surface area contributed by atoms with Crippen molar-refractivity contribution in [3.63, 3.8) is 0 Å². The van der Waals surface area contributed by atoms with Crippen LogP contribution in [0, 0.1) is 0 Å². The summed E-state index contributed by atoms with van der Waals surface area (Å²) < 4.78 is 25.3. The Labute approximate surface area is 82.4 Å². The summed E-state index contributed by atoms with van der Waals surface area (Å²) in [6.07, 6.45) is 6.21. The number of aromatic nitrogens is 2. The Morgan fingerprint density at radius 2 is 2.36 bits per heavy atom. The van der Waals surface area contributed by atoms with Crippen LogP contribution in [0.3, 0.4) is 0 Å². The van der Waals surface area contributed by atoms with Gasteiger partial charge in [-0.3, -0.25) is 4.99 Å². The Morgan fingerprint density at radius 3 is 2.79 bits per heavy atom. The van der Waals surface area contributed by atoms with Crippen molar-refractivity contribution >= 4 is 16.5 Å². The van der Waals surface area contributed by atoms with E-state index in [1.165, 1.54) is 25.8 Å². The van der Waals surface area contributed by atoms with E-state index >= 15 is 0 Å². The lowest BCUT2D eigenvalue weighted by Gasteiger charge is -2.14. The molecule has 0 saturated heterocycles. The third-order valence-corrected chi connectivity index (χ3v) is 2.95. The molecule has 0 aliphatic heterocycles. The quantitative estimate of drug-likeness (QED) is 0.526. The fraction of sp³-hybridized carbons (Fsp3) is 0.143. The highest BCUT2D eigenvalue weighted by Crippen LogP contribution is 2.02. The minimum Gasteiger partial charge on any atom is -0.278 e. The van der Waals surface area contributed by atoms with Gasteiger partial charge in [-0.25, -0.2) is 13.3 Å². The summed E-state index contributed by atoms with van der Waals surface area (Å²) in [6, 6.07) is 0. The second-order valence-electron chi connectivity index (χ2n) is 2.29. The normalized spacial score (nSPS) is 11.8. The number of imidazole rings is 1. The first-order valence-corrected chi connectivity index (χ1v) is 5.09. The van der Waals surface area contributed by atoms with Crippen molar-refractivity contribution < 1.29 is 8.42 Å². The van der Waals surface area contributed by atoms with Crippen molar-refractivity contribution in [3.8, 4) is 0 Å². The summed E-state index contributed by atoms with van der Waals surface area (Å²) >= 11 is 0. The van der Waals surface area contributed by atoms with Gasteiger partial charge in [0.15, 0.2) is 0 Å². The van der Waals surface area contributed by atoms with E-state index in [1.54, 1.807) is 0 Å². The van der Waals surface area contributed by atoms with Gasteiger partial charge in [-0.05, 0) is 0 Å².